The predicted octanol–water partition coefficient (Wildman–Crippen LogP) is 1.51. The first kappa shape index (κ1) is 21.9. The van der Waals surface area contributed by atoms with E-state index in [1.807, 2.05) is 24.3 Å². The molecule has 1 heterocycles. The molecule has 9 heteroatoms. The van der Waals surface area contributed by atoms with Crippen LogP contribution >= 0.6 is 0 Å². The van der Waals surface area contributed by atoms with Crippen LogP contribution in [-0.4, -0.2) is 70.4 Å². The molecule has 1 N–H and O–H groups in total. The molecule has 0 spiro atoms. The summed E-state index contributed by atoms with van der Waals surface area (Å²) in [6, 6.07) is 12.9. The van der Waals surface area contributed by atoms with Gasteiger partial charge in [0.1, 0.15) is 17.2 Å². The number of rotatable bonds is 6. The Morgan fingerprint density at radius 2 is 1.65 bits per heavy atom. The highest BCUT2D eigenvalue weighted by atomic mass is 16.5. The molecule has 0 atom stereocenters. The Labute approximate surface area is 181 Å². The van der Waals surface area contributed by atoms with E-state index in [-0.39, 0.29) is 0 Å². The number of para-hydroxylation sites is 2. The molecule has 1 aliphatic heterocycles. The van der Waals surface area contributed by atoms with Gasteiger partial charge in [-0.3, -0.25) is 9.59 Å². The lowest BCUT2D eigenvalue weighted by Crippen LogP contribution is -2.52. The molecule has 2 aromatic carbocycles. The van der Waals surface area contributed by atoms with Gasteiger partial charge in [0.2, 0.25) is 0 Å². The van der Waals surface area contributed by atoms with Crippen molar-refractivity contribution >= 4 is 23.7 Å². The first-order valence-electron chi connectivity index (χ1n) is 9.79. The third-order valence-corrected chi connectivity index (χ3v) is 4.99. The van der Waals surface area contributed by atoms with Crippen molar-refractivity contribution in [1.29, 1.82) is 0 Å². The number of methoxy groups -OCH3 is 3. The summed E-state index contributed by atoms with van der Waals surface area (Å²) < 4.78 is 15.8. The zero-order valence-corrected chi connectivity index (χ0v) is 17.8. The average Bonchev–Trinajstić information content (AvgIpc) is 2.83. The summed E-state index contributed by atoms with van der Waals surface area (Å²) in [5.74, 6) is 0.566. The largest absolute Gasteiger partial charge is 0.497 e. The summed E-state index contributed by atoms with van der Waals surface area (Å²) >= 11 is 0. The molecule has 0 aliphatic carbocycles. The van der Waals surface area contributed by atoms with E-state index in [0.717, 1.165) is 11.4 Å². The number of carbonyl (C=O) groups excluding carboxylic acids is 2. The Morgan fingerprint density at radius 3 is 2.32 bits per heavy atom. The highest BCUT2D eigenvalue weighted by Gasteiger charge is 2.26. The van der Waals surface area contributed by atoms with Crippen LogP contribution in [0.25, 0.3) is 0 Å². The lowest BCUT2D eigenvalue weighted by atomic mass is 10.2. The monoisotopic (exact) mass is 426 g/mol. The number of amides is 2. The van der Waals surface area contributed by atoms with E-state index in [1.54, 1.807) is 32.4 Å². The number of piperazine rings is 1. The molecule has 0 bridgehead atoms. The van der Waals surface area contributed by atoms with Crippen LogP contribution < -0.4 is 24.5 Å². The Kier molecular flexibility index (Phi) is 7.31. The smallest absolute Gasteiger partial charge is 0.329 e. The van der Waals surface area contributed by atoms with Crippen LogP contribution in [0.1, 0.15) is 5.56 Å². The first-order valence-corrected chi connectivity index (χ1v) is 9.79. The van der Waals surface area contributed by atoms with Gasteiger partial charge in [-0.15, -0.1) is 0 Å². The number of hydrogen-bond acceptors (Lipinski definition) is 7. The molecule has 3 rings (SSSR count). The summed E-state index contributed by atoms with van der Waals surface area (Å²) in [6.45, 7) is 2.06. The molecule has 0 unspecified atom stereocenters. The molecule has 2 amide bonds. The highest BCUT2D eigenvalue weighted by Crippen LogP contribution is 2.28. The molecule has 164 valence electrons. The lowest BCUT2D eigenvalue weighted by Gasteiger charge is -2.36. The number of nitrogens with one attached hydrogen (secondary N) is 1. The van der Waals surface area contributed by atoms with Crippen molar-refractivity contribution < 1.29 is 23.8 Å². The Bertz CT molecular complexity index is 955. The van der Waals surface area contributed by atoms with Crippen LogP contribution in [0, 0.1) is 0 Å². The van der Waals surface area contributed by atoms with Crippen molar-refractivity contribution in [2.75, 3.05) is 52.4 Å². The molecule has 9 nitrogen and oxygen atoms in total. The Hall–Kier alpha value is -3.75. The van der Waals surface area contributed by atoms with Gasteiger partial charge in [-0.05, 0) is 30.3 Å². The molecule has 2 aromatic rings. The van der Waals surface area contributed by atoms with E-state index in [9.17, 15) is 9.59 Å². The van der Waals surface area contributed by atoms with Crippen molar-refractivity contribution in [3.63, 3.8) is 0 Å². The zero-order chi connectivity index (χ0) is 22.2. The third-order valence-electron chi connectivity index (χ3n) is 4.99. The summed E-state index contributed by atoms with van der Waals surface area (Å²) in [5.41, 5.74) is 3.87. The molecule has 0 radical (unpaired) electrons. The fourth-order valence-corrected chi connectivity index (χ4v) is 3.33. The molecule has 1 saturated heterocycles. The molecular weight excluding hydrogens is 400 g/mol. The van der Waals surface area contributed by atoms with Gasteiger partial charge in [0.25, 0.3) is 0 Å². The molecule has 1 aliphatic rings. The third kappa shape index (κ3) is 5.25. The van der Waals surface area contributed by atoms with Crippen molar-refractivity contribution in [1.82, 2.24) is 10.3 Å². The van der Waals surface area contributed by atoms with Crippen LogP contribution in [-0.2, 0) is 9.59 Å². The summed E-state index contributed by atoms with van der Waals surface area (Å²) in [4.78, 5) is 28.4. The summed E-state index contributed by atoms with van der Waals surface area (Å²) in [7, 11) is 4.72. The Balaban J connectivity index is 1.56. The fraction of sp³-hybridized carbons (Fsp3) is 0.318. The number of anilines is 1. The average molecular weight is 426 g/mol. The van der Waals surface area contributed by atoms with Crippen LogP contribution in [0.15, 0.2) is 47.6 Å². The minimum Gasteiger partial charge on any atom is -0.497 e. The van der Waals surface area contributed by atoms with Crippen molar-refractivity contribution in [3.8, 4) is 17.2 Å². The van der Waals surface area contributed by atoms with Crippen LogP contribution in [0.4, 0.5) is 5.69 Å². The second kappa shape index (κ2) is 10.3. The Morgan fingerprint density at radius 1 is 0.935 bits per heavy atom. The summed E-state index contributed by atoms with van der Waals surface area (Å²) in [6.07, 6.45) is 1.41. The minimum absolute atomic E-state index is 0.428. The number of ether oxygens (including phenoxy) is 3. The van der Waals surface area contributed by atoms with E-state index < -0.39 is 11.8 Å². The second-order valence-electron chi connectivity index (χ2n) is 6.76. The van der Waals surface area contributed by atoms with Gasteiger partial charge < -0.3 is 24.0 Å². The number of hydrazone groups is 1. The summed E-state index contributed by atoms with van der Waals surface area (Å²) in [5, 5.41) is 3.89. The first-order chi connectivity index (χ1) is 15.1. The minimum atomic E-state index is -0.788. The molecule has 1 fully saturated rings. The van der Waals surface area contributed by atoms with Crippen LogP contribution in [0.3, 0.4) is 0 Å². The number of nitrogens with zero attached hydrogens (tertiary/aromatic N) is 3. The number of hydrogen-bond donors (Lipinski definition) is 1. The van der Waals surface area contributed by atoms with Crippen molar-refractivity contribution in [2.24, 2.45) is 5.10 Å². The zero-order valence-electron chi connectivity index (χ0n) is 17.8. The molecule has 31 heavy (non-hydrogen) atoms. The van der Waals surface area contributed by atoms with Gasteiger partial charge in [0, 0.05) is 31.7 Å². The molecule has 0 aromatic heterocycles. The van der Waals surface area contributed by atoms with Gasteiger partial charge in [-0.25, -0.2) is 5.43 Å². The fourth-order valence-electron chi connectivity index (χ4n) is 3.33. The van der Waals surface area contributed by atoms with E-state index in [1.165, 1.54) is 18.2 Å². The second-order valence-corrected chi connectivity index (χ2v) is 6.76. The van der Waals surface area contributed by atoms with Crippen LogP contribution in [0.2, 0.25) is 0 Å². The van der Waals surface area contributed by atoms with E-state index in [2.05, 4.69) is 15.4 Å². The lowest BCUT2D eigenvalue weighted by molar-refractivity contribution is -0.146. The quantitative estimate of drug-likeness (QED) is 0.428. The normalized spacial score (nSPS) is 13.8. The van der Waals surface area contributed by atoms with Gasteiger partial charge in [-0.2, -0.15) is 5.10 Å². The standard InChI is InChI=1S/C22H26N4O5/c1-29-17-8-9-19(30-2)16(14-17)15-23-24-21(27)22(28)26-12-10-25(11-13-26)18-6-4-5-7-20(18)31-3/h4-9,14-15H,10-13H2,1-3H3,(H,24,27)/b23-15-. The molecule has 0 saturated carbocycles. The van der Waals surface area contributed by atoms with Gasteiger partial charge in [-0.1, -0.05) is 12.1 Å². The SMILES string of the molecule is COc1ccc(OC)c(/C=N\NC(=O)C(=O)N2CCN(c3ccccc3OC)CC2)c1. The number of carbonyl (C=O) groups is 2. The maximum absolute atomic E-state index is 12.5. The van der Waals surface area contributed by atoms with E-state index in [0.29, 0.717) is 43.2 Å². The van der Waals surface area contributed by atoms with Gasteiger partial charge in [0.15, 0.2) is 0 Å². The van der Waals surface area contributed by atoms with Crippen molar-refractivity contribution in [3.05, 3.63) is 48.0 Å². The van der Waals surface area contributed by atoms with Gasteiger partial charge >= 0.3 is 11.8 Å². The topological polar surface area (TPSA) is 92.7 Å². The highest BCUT2D eigenvalue weighted by molar-refractivity contribution is 6.35. The van der Waals surface area contributed by atoms with E-state index >= 15 is 0 Å². The maximum atomic E-state index is 12.5. The van der Waals surface area contributed by atoms with Crippen molar-refractivity contribution in [2.45, 2.75) is 0 Å². The van der Waals surface area contributed by atoms with Gasteiger partial charge in [0.05, 0.1) is 33.2 Å². The molecular formula is C22H26N4O5. The predicted molar refractivity (Wildman–Crippen MR) is 117 cm³/mol. The number of benzene rings is 2. The van der Waals surface area contributed by atoms with Crippen LogP contribution in [0.5, 0.6) is 17.2 Å². The maximum Gasteiger partial charge on any atom is 0.329 e. The van der Waals surface area contributed by atoms with E-state index in [4.69, 9.17) is 14.2 Å².